The van der Waals surface area contributed by atoms with E-state index in [0.717, 1.165) is 16.8 Å². The third-order valence-electron chi connectivity index (χ3n) is 6.23. The van der Waals surface area contributed by atoms with Crippen LogP contribution in [0.1, 0.15) is 22.4 Å². The van der Waals surface area contributed by atoms with Crippen molar-refractivity contribution in [1.29, 1.82) is 5.26 Å². The van der Waals surface area contributed by atoms with Crippen molar-refractivity contribution in [2.24, 2.45) is 0 Å². The van der Waals surface area contributed by atoms with Crippen molar-refractivity contribution in [3.05, 3.63) is 97.8 Å². The normalized spacial score (nSPS) is 11.5. The molecule has 0 atom stereocenters. The summed E-state index contributed by atoms with van der Waals surface area (Å²) >= 11 is 1.35. The highest BCUT2D eigenvalue weighted by molar-refractivity contribution is 7.98. The highest BCUT2D eigenvalue weighted by Gasteiger charge is 2.19. The summed E-state index contributed by atoms with van der Waals surface area (Å²) in [7, 11) is 0. The number of benzene rings is 2. The highest BCUT2D eigenvalue weighted by atomic mass is 32.2. The van der Waals surface area contributed by atoms with Gasteiger partial charge in [-0.2, -0.15) is 5.26 Å². The lowest BCUT2D eigenvalue weighted by Gasteiger charge is -2.14. The maximum Gasteiger partial charge on any atom is 0.272 e. The minimum atomic E-state index is -0.308. The largest absolute Gasteiger partial charge is 0.295 e. The maximum atomic E-state index is 13.6. The highest BCUT2D eigenvalue weighted by Crippen LogP contribution is 2.26. The average Bonchev–Trinajstić information content (AvgIpc) is 3.50. The fourth-order valence-electron chi connectivity index (χ4n) is 4.29. The Morgan fingerprint density at radius 2 is 1.92 bits per heavy atom. The second-order valence-corrected chi connectivity index (χ2v) is 9.27. The van der Waals surface area contributed by atoms with Crippen LogP contribution in [0.15, 0.2) is 69.5 Å². The van der Waals surface area contributed by atoms with E-state index in [1.807, 2.05) is 60.7 Å². The fourth-order valence-corrected chi connectivity index (χ4v) is 5.12. The summed E-state index contributed by atoms with van der Waals surface area (Å²) in [4.78, 5) is 30.6. The smallest absolute Gasteiger partial charge is 0.272 e. The van der Waals surface area contributed by atoms with Crippen molar-refractivity contribution in [2.45, 2.75) is 24.8 Å². The molecular weight excluding hydrogens is 476 g/mol. The molecule has 36 heavy (non-hydrogen) atoms. The van der Waals surface area contributed by atoms with Crippen LogP contribution in [0, 0.1) is 25.2 Å². The summed E-state index contributed by atoms with van der Waals surface area (Å²) < 4.78 is 4.68. The van der Waals surface area contributed by atoms with Crippen molar-refractivity contribution < 1.29 is 0 Å². The molecule has 0 aliphatic carbocycles. The first-order valence-electron chi connectivity index (χ1n) is 11.1. The molecule has 0 amide bonds. The molecule has 0 aliphatic rings. The van der Waals surface area contributed by atoms with Gasteiger partial charge in [-0.1, -0.05) is 36.0 Å². The topological polar surface area (TPSA) is 126 Å². The van der Waals surface area contributed by atoms with Crippen LogP contribution in [0.4, 0.5) is 0 Å². The van der Waals surface area contributed by atoms with Crippen LogP contribution in [-0.4, -0.2) is 33.8 Å². The number of nitriles is 1. The van der Waals surface area contributed by atoms with Crippen molar-refractivity contribution in [3.8, 4) is 11.8 Å². The number of hydrogen-bond acceptors (Lipinski definition) is 7. The number of nitrogens with zero attached hydrogens (tertiary/aromatic N) is 7. The van der Waals surface area contributed by atoms with Gasteiger partial charge in [0.2, 0.25) is 5.78 Å². The third-order valence-corrected chi connectivity index (χ3v) is 7.19. The molecule has 0 saturated carbocycles. The number of hydrogen-bond donors (Lipinski definition) is 1. The Balaban J connectivity index is 1.52. The summed E-state index contributed by atoms with van der Waals surface area (Å²) in [5.41, 5.74) is 4.07. The number of fused-ring (bicyclic) bond motifs is 4. The monoisotopic (exact) mass is 494 g/mol. The van der Waals surface area contributed by atoms with Gasteiger partial charge in [0.15, 0.2) is 10.8 Å². The van der Waals surface area contributed by atoms with E-state index in [4.69, 9.17) is 0 Å². The van der Waals surface area contributed by atoms with Gasteiger partial charge in [0.1, 0.15) is 11.6 Å². The Hall–Kier alpha value is -4.69. The molecule has 4 heterocycles. The lowest BCUT2D eigenvalue weighted by molar-refractivity contribution is 0.886. The predicted molar refractivity (Wildman–Crippen MR) is 136 cm³/mol. The van der Waals surface area contributed by atoms with Crippen LogP contribution in [-0.2, 0) is 5.75 Å². The number of rotatable bonds is 4. The lowest BCUT2D eigenvalue weighted by Crippen LogP contribution is -2.22. The fraction of sp³-hybridized carbons (Fsp3) is 0.120. The van der Waals surface area contributed by atoms with Crippen LogP contribution in [0.2, 0.25) is 0 Å². The van der Waals surface area contributed by atoms with Gasteiger partial charge < -0.3 is 0 Å². The van der Waals surface area contributed by atoms with E-state index in [2.05, 4.69) is 20.3 Å². The zero-order valence-corrected chi connectivity index (χ0v) is 20.1. The summed E-state index contributed by atoms with van der Waals surface area (Å²) in [6, 6.07) is 16.6. The van der Waals surface area contributed by atoms with Crippen LogP contribution >= 0.6 is 11.8 Å². The van der Waals surface area contributed by atoms with E-state index in [1.54, 1.807) is 10.6 Å². The van der Waals surface area contributed by atoms with Crippen molar-refractivity contribution in [3.63, 3.8) is 0 Å². The number of H-pyrrole nitrogens is 1. The van der Waals surface area contributed by atoms with Gasteiger partial charge in [0.05, 0.1) is 22.3 Å². The lowest BCUT2D eigenvalue weighted by atomic mass is 10.1. The van der Waals surface area contributed by atoms with Crippen LogP contribution in [0.25, 0.3) is 28.0 Å². The Labute approximate surface area is 207 Å². The first kappa shape index (κ1) is 21.8. The zero-order valence-electron chi connectivity index (χ0n) is 19.3. The van der Waals surface area contributed by atoms with E-state index in [1.165, 1.54) is 28.5 Å². The van der Waals surface area contributed by atoms with Crippen LogP contribution in [0.3, 0.4) is 0 Å². The summed E-state index contributed by atoms with van der Waals surface area (Å²) in [6.45, 7) is 3.98. The van der Waals surface area contributed by atoms with Gasteiger partial charge in [0, 0.05) is 18.0 Å². The second kappa shape index (κ2) is 8.21. The molecule has 6 rings (SSSR count). The van der Waals surface area contributed by atoms with Crippen LogP contribution < -0.4 is 11.1 Å². The molecule has 0 bridgehead atoms. The van der Waals surface area contributed by atoms with Gasteiger partial charge in [-0.3, -0.25) is 19.1 Å². The maximum absolute atomic E-state index is 13.6. The molecule has 0 spiro atoms. The van der Waals surface area contributed by atoms with Gasteiger partial charge >= 0.3 is 0 Å². The Morgan fingerprint density at radius 3 is 2.75 bits per heavy atom. The molecule has 0 unspecified atom stereocenters. The molecule has 0 aliphatic heterocycles. The Kier molecular flexibility index (Phi) is 4.98. The minimum Gasteiger partial charge on any atom is -0.295 e. The number of thioether (sulfide) groups is 1. The molecule has 0 fully saturated rings. The third kappa shape index (κ3) is 3.23. The SMILES string of the molecule is Cc1cccc(-n2c(=O)c3ccccc3n3c(SCc4cc(=O)n5[nH]cc(C#N)c5n4)nnc23)c1C. The summed E-state index contributed by atoms with van der Waals surface area (Å²) in [5.74, 6) is 0.718. The number of para-hydroxylation sites is 1. The molecule has 11 heteroatoms. The molecule has 1 N–H and O–H groups in total. The van der Waals surface area contributed by atoms with Gasteiger partial charge in [-0.05, 0) is 43.2 Å². The van der Waals surface area contributed by atoms with E-state index in [0.29, 0.717) is 33.3 Å². The van der Waals surface area contributed by atoms with Crippen LogP contribution in [0.5, 0.6) is 0 Å². The van der Waals surface area contributed by atoms with Gasteiger partial charge in [-0.25, -0.2) is 14.1 Å². The average molecular weight is 495 g/mol. The van der Waals surface area contributed by atoms with Crippen molar-refractivity contribution in [2.75, 3.05) is 0 Å². The first-order chi connectivity index (χ1) is 17.5. The number of aromatic nitrogens is 7. The number of aryl methyl sites for hydroxylation is 1. The van der Waals surface area contributed by atoms with E-state index in [9.17, 15) is 14.9 Å². The van der Waals surface area contributed by atoms with Crippen molar-refractivity contribution >= 4 is 34.1 Å². The molecule has 4 aromatic heterocycles. The molecule has 2 aromatic carbocycles. The quantitative estimate of drug-likeness (QED) is 0.373. The predicted octanol–water partition coefficient (Wildman–Crippen LogP) is 3.15. The molecular formula is C25H18N8O2S. The van der Waals surface area contributed by atoms with Gasteiger partial charge in [-0.15, -0.1) is 10.2 Å². The molecule has 10 nitrogen and oxygen atoms in total. The zero-order chi connectivity index (χ0) is 25.0. The molecule has 0 saturated heterocycles. The van der Waals surface area contributed by atoms with Crippen molar-refractivity contribution in [1.82, 2.24) is 33.8 Å². The number of nitrogens with one attached hydrogen (secondary N) is 1. The molecule has 176 valence electrons. The van der Waals surface area contributed by atoms with Gasteiger partial charge in [0.25, 0.3) is 11.1 Å². The Bertz CT molecular complexity index is 1990. The minimum absolute atomic E-state index is 0.174. The summed E-state index contributed by atoms with van der Waals surface area (Å²) in [5, 5.41) is 21.9. The van der Waals surface area contributed by atoms with E-state index < -0.39 is 0 Å². The second-order valence-electron chi connectivity index (χ2n) is 8.33. The van der Waals surface area contributed by atoms with E-state index in [-0.39, 0.29) is 22.3 Å². The first-order valence-corrected chi connectivity index (χ1v) is 12.0. The molecule has 6 aromatic rings. The van der Waals surface area contributed by atoms with E-state index >= 15 is 0 Å². The standard InChI is InChI=1S/C25H18N8O2S/c1-14-6-5-9-19(15(14)2)31-23(35)18-7-3-4-8-20(18)32-24(31)29-30-25(32)36-13-17-10-21(34)33-22(28-17)16(11-26)12-27-33/h3-10,12,27H,13H2,1-2H3. The number of aromatic amines is 1. The summed E-state index contributed by atoms with van der Waals surface area (Å²) in [6.07, 6.45) is 1.45. The molecule has 0 radical (unpaired) electrons. The Morgan fingerprint density at radius 1 is 1.08 bits per heavy atom.